The highest BCUT2D eigenvalue weighted by atomic mass is 32.2. The quantitative estimate of drug-likeness (QED) is 0.602. The summed E-state index contributed by atoms with van der Waals surface area (Å²) >= 11 is 1.04. The minimum Gasteiger partial charge on any atom is -0.258 e. The monoisotopic (exact) mass is 262 g/mol. The largest absolute Gasteiger partial charge is 0.283 e. The van der Waals surface area contributed by atoms with Crippen molar-refractivity contribution in [2.45, 2.75) is 10.1 Å². The average molecular weight is 262 g/mol. The molecule has 0 atom stereocenters. The number of nitriles is 1. The van der Waals surface area contributed by atoms with E-state index in [2.05, 4.69) is 15.5 Å². The van der Waals surface area contributed by atoms with Crippen LogP contribution in [0.25, 0.3) is 0 Å². The third-order valence-electron chi connectivity index (χ3n) is 2.07. The zero-order valence-corrected chi connectivity index (χ0v) is 9.96. The lowest BCUT2D eigenvalue weighted by atomic mass is 10.2. The van der Waals surface area contributed by atoms with Gasteiger partial charge < -0.3 is 0 Å². The van der Waals surface area contributed by atoms with Crippen molar-refractivity contribution in [3.8, 4) is 6.07 Å². The second-order valence-electron chi connectivity index (χ2n) is 3.24. The van der Waals surface area contributed by atoms with E-state index in [0.29, 0.717) is 15.6 Å². The topological polar surface area (TPSA) is 111 Å². The van der Waals surface area contributed by atoms with Crippen LogP contribution in [-0.2, 0) is 7.05 Å². The van der Waals surface area contributed by atoms with E-state index in [-0.39, 0.29) is 5.69 Å². The summed E-state index contributed by atoms with van der Waals surface area (Å²) in [6.07, 6.45) is 0. The van der Waals surface area contributed by atoms with Crippen LogP contribution in [0.15, 0.2) is 28.3 Å². The molecule has 9 heteroatoms. The van der Waals surface area contributed by atoms with E-state index in [1.807, 2.05) is 6.07 Å². The fourth-order valence-corrected chi connectivity index (χ4v) is 2.10. The minimum atomic E-state index is -0.507. The van der Waals surface area contributed by atoms with Crippen molar-refractivity contribution in [3.05, 3.63) is 33.9 Å². The van der Waals surface area contributed by atoms with Crippen LogP contribution in [0, 0.1) is 21.4 Å². The Morgan fingerprint density at radius 2 is 2.33 bits per heavy atom. The molecule has 2 rings (SSSR count). The first-order chi connectivity index (χ1) is 8.61. The van der Waals surface area contributed by atoms with Gasteiger partial charge in [0.25, 0.3) is 5.69 Å². The first-order valence-corrected chi connectivity index (χ1v) is 5.52. The van der Waals surface area contributed by atoms with Gasteiger partial charge in [0, 0.05) is 13.1 Å². The summed E-state index contributed by atoms with van der Waals surface area (Å²) in [5.74, 6) is 0. The molecule has 8 nitrogen and oxygen atoms in total. The van der Waals surface area contributed by atoms with E-state index in [9.17, 15) is 10.1 Å². The van der Waals surface area contributed by atoms with Crippen molar-refractivity contribution in [3.63, 3.8) is 0 Å². The number of benzene rings is 1. The maximum absolute atomic E-state index is 10.9. The van der Waals surface area contributed by atoms with Crippen molar-refractivity contribution in [1.82, 2.24) is 20.2 Å². The Morgan fingerprint density at radius 3 is 2.89 bits per heavy atom. The predicted molar refractivity (Wildman–Crippen MR) is 60.7 cm³/mol. The average Bonchev–Trinajstić information content (AvgIpc) is 2.74. The van der Waals surface area contributed by atoms with E-state index in [1.165, 1.54) is 22.9 Å². The molecule has 2 aromatic rings. The normalized spacial score (nSPS) is 10.0. The Morgan fingerprint density at radius 1 is 1.56 bits per heavy atom. The highest BCUT2D eigenvalue weighted by molar-refractivity contribution is 7.99. The maximum Gasteiger partial charge on any atom is 0.283 e. The molecule has 0 aliphatic rings. The second kappa shape index (κ2) is 4.80. The van der Waals surface area contributed by atoms with Gasteiger partial charge in [-0.05, 0) is 34.3 Å². The van der Waals surface area contributed by atoms with Gasteiger partial charge in [0.2, 0.25) is 5.16 Å². The van der Waals surface area contributed by atoms with Gasteiger partial charge in [-0.2, -0.15) is 5.26 Å². The Bertz CT molecular complexity index is 647. The van der Waals surface area contributed by atoms with Crippen molar-refractivity contribution in [2.24, 2.45) is 7.05 Å². The molecule has 0 aliphatic heterocycles. The summed E-state index contributed by atoms with van der Waals surface area (Å²) in [4.78, 5) is 10.7. The van der Waals surface area contributed by atoms with Gasteiger partial charge >= 0.3 is 0 Å². The zero-order valence-electron chi connectivity index (χ0n) is 9.14. The van der Waals surface area contributed by atoms with Crippen LogP contribution in [-0.4, -0.2) is 25.1 Å². The lowest BCUT2D eigenvalue weighted by Gasteiger charge is -2.01. The SMILES string of the molecule is Cn1nnnc1Sc1cc(C#N)ccc1[N+](=O)[O-]. The van der Waals surface area contributed by atoms with Gasteiger partial charge in [-0.15, -0.1) is 5.10 Å². The van der Waals surface area contributed by atoms with Crippen LogP contribution < -0.4 is 0 Å². The number of hydrogen-bond acceptors (Lipinski definition) is 7. The fourth-order valence-electron chi connectivity index (χ4n) is 1.22. The Hall–Kier alpha value is -2.47. The molecule has 0 aliphatic carbocycles. The molecular weight excluding hydrogens is 256 g/mol. The second-order valence-corrected chi connectivity index (χ2v) is 4.25. The first kappa shape index (κ1) is 12.0. The van der Waals surface area contributed by atoms with Gasteiger partial charge in [-0.3, -0.25) is 10.1 Å². The fraction of sp³-hybridized carbons (Fsp3) is 0.111. The molecule has 0 saturated heterocycles. The number of aryl methyl sites for hydroxylation is 1. The van der Waals surface area contributed by atoms with Crippen molar-refractivity contribution < 1.29 is 4.92 Å². The Balaban J connectivity index is 2.45. The summed E-state index contributed by atoms with van der Waals surface area (Å²) < 4.78 is 1.40. The standard InChI is InChI=1S/C9H6N6O2S/c1-14-9(11-12-13-14)18-8-4-6(5-10)2-3-7(8)15(16)17/h2-4H,1H3. The molecule has 1 heterocycles. The molecule has 0 radical (unpaired) electrons. The van der Waals surface area contributed by atoms with Crippen LogP contribution in [0.4, 0.5) is 5.69 Å². The smallest absolute Gasteiger partial charge is 0.258 e. The van der Waals surface area contributed by atoms with Gasteiger partial charge in [0.1, 0.15) is 0 Å². The molecular formula is C9H6N6O2S. The third kappa shape index (κ3) is 2.28. The van der Waals surface area contributed by atoms with Crippen molar-refractivity contribution in [2.75, 3.05) is 0 Å². The summed E-state index contributed by atoms with van der Waals surface area (Å²) in [7, 11) is 1.63. The van der Waals surface area contributed by atoms with E-state index < -0.39 is 4.92 Å². The van der Waals surface area contributed by atoms with Crippen molar-refractivity contribution >= 4 is 17.4 Å². The predicted octanol–water partition coefficient (Wildman–Crippen LogP) is 1.14. The molecule has 0 amide bonds. The summed E-state index contributed by atoms with van der Waals surface area (Å²) in [5, 5.41) is 30.9. The van der Waals surface area contributed by atoms with Crippen LogP contribution in [0.1, 0.15) is 5.56 Å². The molecule has 0 bridgehead atoms. The number of nitro benzene ring substituents is 1. The van der Waals surface area contributed by atoms with Crippen LogP contribution >= 0.6 is 11.8 Å². The number of rotatable bonds is 3. The molecule has 90 valence electrons. The molecule has 0 saturated carbocycles. The summed E-state index contributed by atoms with van der Waals surface area (Å²) in [5.41, 5.74) is 0.264. The molecule has 0 unspecified atom stereocenters. The molecule has 0 N–H and O–H groups in total. The molecule has 0 spiro atoms. The molecule has 0 fully saturated rings. The van der Waals surface area contributed by atoms with Crippen LogP contribution in [0.2, 0.25) is 0 Å². The number of nitrogens with zero attached hydrogens (tertiary/aromatic N) is 6. The van der Waals surface area contributed by atoms with E-state index >= 15 is 0 Å². The number of nitro groups is 1. The van der Waals surface area contributed by atoms with E-state index in [0.717, 1.165) is 11.8 Å². The lowest BCUT2D eigenvalue weighted by Crippen LogP contribution is -1.95. The van der Waals surface area contributed by atoms with E-state index in [4.69, 9.17) is 5.26 Å². The van der Waals surface area contributed by atoms with Crippen molar-refractivity contribution in [1.29, 1.82) is 5.26 Å². The minimum absolute atomic E-state index is 0.0815. The van der Waals surface area contributed by atoms with E-state index in [1.54, 1.807) is 7.05 Å². The molecule has 18 heavy (non-hydrogen) atoms. The molecule has 1 aromatic heterocycles. The highest BCUT2D eigenvalue weighted by Gasteiger charge is 2.17. The summed E-state index contributed by atoms with van der Waals surface area (Å²) in [6, 6.07) is 6.07. The zero-order chi connectivity index (χ0) is 13.1. The van der Waals surface area contributed by atoms with Crippen LogP contribution in [0.5, 0.6) is 0 Å². The first-order valence-electron chi connectivity index (χ1n) is 4.70. The number of aromatic nitrogens is 4. The van der Waals surface area contributed by atoms with Gasteiger partial charge in [-0.25, -0.2) is 4.68 Å². The van der Waals surface area contributed by atoms with Crippen LogP contribution in [0.3, 0.4) is 0 Å². The lowest BCUT2D eigenvalue weighted by molar-refractivity contribution is -0.387. The molecule has 1 aromatic carbocycles. The van der Waals surface area contributed by atoms with Gasteiger partial charge in [0.05, 0.1) is 21.5 Å². The number of tetrazole rings is 1. The Labute approximate surface area is 105 Å². The van der Waals surface area contributed by atoms with Gasteiger partial charge in [0.15, 0.2) is 0 Å². The third-order valence-corrected chi connectivity index (χ3v) is 3.14. The van der Waals surface area contributed by atoms with Gasteiger partial charge in [-0.1, -0.05) is 0 Å². The number of hydrogen-bond donors (Lipinski definition) is 0. The highest BCUT2D eigenvalue weighted by Crippen LogP contribution is 2.33. The maximum atomic E-state index is 10.9. The Kier molecular flexibility index (Phi) is 3.20. The summed E-state index contributed by atoms with van der Waals surface area (Å²) in [6.45, 7) is 0.